The molecular formula is C22H26N6S. The van der Waals surface area contributed by atoms with E-state index in [1.807, 2.05) is 13.1 Å². The molecule has 1 N–H and O–H groups in total. The Bertz CT molecular complexity index is 988. The minimum atomic E-state index is 0.760. The molecule has 150 valence electrons. The summed E-state index contributed by atoms with van der Waals surface area (Å²) < 4.78 is 2.57. The van der Waals surface area contributed by atoms with E-state index in [1.165, 1.54) is 31.5 Å². The number of anilines is 2. The van der Waals surface area contributed by atoms with Crippen LogP contribution in [0.3, 0.4) is 0 Å². The third-order valence-electron chi connectivity index (χ3n) is 5.50. The second-order valence-electron chi connectivity index (χ2n) is 7.65. The monoisotopic (exact) mass is 406 g/mol. The zero-order chi connectivity index (χ0) is 19.6. The van der Waals surface area contributed by atoms with Crippen LogP contribution in [0.15, 0.2) is 42.7 Å². The summed E-state index contributed by atoms with van der Waals surface area (Å²) in [5, 5.41) is 4.03. The highest BCUT2D eigenvalue weighted by molar-refractivity contribution is 7.97. The maximum atomic E-state index is 4.75. The molecule has 0 atom stereocenters. The second-order valence-corrected chi connectivity index (χ2v) is 9.05. The molecule has 0 amide bonds. The van der Waals surface area contributed by atoms with Gasteiger partial charge in [0.1, 0.15) is 5.52 Å². The average molecular weight is 407 g/mol. The Hall–Kier alpha value is -2.38. The number of hydrogen-bond acceptors (Lipinski definition) is 7. The van der Waals surface area contributed by atoms with Gasteiger partial charge in [-0.25, -0.2) is 14.3 Å². The van der Waals surface area contributed by atoms with Crippen LogP contribution in [0.5, 0.6) is 0 Å². The molecule has 2 fully saturated rings. The summed E-state index contributed by atoms with van der Waals surface area (Å²) in [6.07, 6.45) is 7.44. The Morgan fingerprint density at radius 3 is 2.62 bits per heavy atom. The Balaban J connectivity index is 1.34. The van der Waals surface area contributed by atoms with Crippen LogP contribution in [0.4, 0.5) is 11.5 Å². The van der Waals surface area contributed by atoms with Crippen molar-refractivity contribution in [2.45, 2.75) is 24.5 Å². The lowest BCUT2D eigenvalue weighted by Crippen LogP contribution is -2.28. The molecule has 1 aliphatic carbocycles. The Labute approximate surface area is 175 Å². The summed E-state index contributed by atoms with van der Waals surface area (Å²) >= 11 is 2.08. The molecule has 3 heterocycles. The Morgan fingerprint density at radius 2 is 1.83 bits per heavy atom. The van der Waals surface area contributed by atoms with Crippen LogP contribution in [0.25, 0.3) is 22.3 Å². The van der Waals surface area contributed by atoms with E-state index >= 15 is 0 Å². The van der Waals surface area contributed by atoms with Crippen molar-refractivity contribution in [3.63, 3.8) is 0 Å². The normalized spacial score (nSPS) is 18.0. The molecule has 7 heteroatoms. The summed E-state index contributed by atoms with van der Waals surface area (Å²) in [5.74, 6) is 0.760. The smallest absolute Gasteiger partial charge is 0.154 e. The third kappa shape index (κ3) is 4.16. The molecule has 29 heavy (non-hydrogen) atoms. The fourth-order valence-electron chi connectivity index (χ4n) is 3.78. The molecule has 1 saturated carbocycles. The zero-order valence-electron chi connectivity index (χ0n) is 16.7. The number of nitrogens with zero attached hydrogens (tertiary/aromatic N) is 5. The fraction of sp³-hybridized carbons (Fsp3) is 0.409. The van der Waals surface area contributed by atoms with Crippen molar-refractivity contribution >= 4 is 34.5 Å². The minimum Gasteiger partial charge on any atom is -0.371 e. The second kappa shape index (κ2) is 8.16. The molecule has 1 aliphatic heterocycles. The topological polar surface area (TPSA) is 57.2 Å². The lowest BCUT2D eigenvalue weighted by molar-refractivity contribution is 0.503. The van der Waals surface area contributed by atoms with E-state index in [2.05, 4.69) is 60.7 Å². The van der Waals surface area contributed by atoms with Gasteiger partial charge in [0.05, 0.1) is 11.2 Å². The van der Waals surface area contributed by atoms with Gasteiger partial charge in [-0.15, -0.1) is 0 Å². The van der Waals surface area contributed by atoms with E-state index in [4.69, 9.17) is 4.98 Å². The van der Waals surface area contributed by atoms with Crippen LogP contribution in [-0.2, 0) is 0 Å². The fourth-order valence-corrected chi connectivity index (χ4v) is 4.97. The van der Waals surface area contributed by atoms with Crippen LogP contribution in [0.1, 0.15) is 19.3 Å². The van der Waals surface area contributed by atoms with Crippen molar-refractivity contribution in [2.24, 2.45) is 0 Å². The average Bonchev–Trinajstić information content (AvgIpc) is 3.61. The number of aromatic nitrogens is 3. The number of pyridine rings is 1. The molecule has 0 unspecified atom stereocenters. The summed E-state index contributed by atoms with van der Waals surface area (Å²) in [6.45, 7) is 4.55. The lowest BCUT2D eigenvalue weighted by atomic mass is 10.1. The predicted octanol–water partition coefficient (Wildman–Crippen LogP) is 4.06. The molecule has 3 aromatic rings. The van der Waals surface area contributed by atoms with Crippen LogP contribution >= 0.6 is 11.9 Å². The Morgan fingerprint density at radius 1 is 1.00 bits per heavy atom. The number of benzene rings is 1. The minimum absolute atomic E-state index is 0.760. The highest BCUT2D eigenvalue weighted by atomic mass is 32.2. The van der Waals surface area contributed by atoms with Gasteiger partial charge in [-0.2, -0.15) is 0 Å². The van der Waals surface area contributed by atoms with Crippen molar-refractivity contribution in [2.75, 3.05) is 43.4 Å². The molecule has 0 bridgehead atoms. The highest BCUT2D eigenvalue weighted by Crippen LogP contribution is 2.37. The van der Waals surface area contributed by atoms with Gasteiger partial charge in [0.25, 0.3) is 0 Å². The molecule has 2 aromatic heterocycles. The first-order chi connectivity index (χ1) is 14.3. The van der Waals surface area contributed by atoms with Gasteiger partial charge in [0, 0.05) is 62.1 Å². The SMILES string of the molecule is CNc1nc(-c2ccc(N3CCCN(SC4CC4)CC3)cc2)cc2nccnc12. The molecular weight excluding hydrogens is 380 g/mol. The molecule has 5 rings (SSSR count). The van der Waals surface area contributed by atoms with Crippen LogP contribution in [0, 0.1) is 0 Å². The van der Waals surface area contributed by atoms with Gasteiger partial charge >= 0.3 is 0 Å². The van der Waals surface area contributed by atoms with E-state index < -0.39 is 0 Å². The molecule has 6 nitrogen and oxygen atoms in total. The van der Waals surface area contributed by atoms with Gasteiger partial charge in [-0.1, -0.05) is 24.1 Å². The molecule has 1 saturated heterocycles. The molecule has 0 spiro atoms. The number of rotatable bonds is 5. The zero-order valence-corrected chi connectivity index (χ0v) is 17.5. The van der Waals surface area contributed by atoms with Crippen molar-refractivity contribution < 1.29 is 0 Å². The van der Waals surface area contributed by atoms with Gasteiger partial charge in [-0.05, 0) is 37.5 Å². The van der Waals surface area contributed by atoms with E-state index in [1.54, 1.807) is 12.4 Å². The predicted molar refractivity (Wildman–Crippen MR) is 121 cm³/mol. The van der Waals surface area contributed by atoms with Crippen LogP contribution in [-0.4, -0.2) is 57.7 Å². The van der Waals surface area contributed by atoms with Crippen molar-refractivity contribution in [3.05, 3.63) is 42.7 Å². The Kier molecular flexibility index (Phi) is 5.24. The molecule has 1 aromatic carbocycles. The first-order valence-corrected chi connectivity index (χ1v) is 11.2. The number of nitrogens with one attached hydrogen (secondary N) is 1. The van der Waals surface area contributed by atoms with E-state index in [9.17, 15) is 0 Å². The number of fused-ring (bicyclic) bond motifs is 1. The maximum Gasteiger partial charge on any atom is 0.154 e. The van der Waals surface area contributed by atoms with Gasteiger partial charge in [0.2, 0.25) is 0 Å². The van der Waals surface area contributed by atoms with E-state index in [0.29, 0.717) is 0 Å². The van der Waals surface area contributed by atoms with Crippen molar-refractivity contribution in [1.29, 1.82) is 0 Å². The van der Waals surface area contributed by atoms with Gasteiger partial charge in [-0.3, -0.25) is 4.98 Å². The maximum absolute atomic E-state index is 4.75. The van der Waals surface area contributed by atoms with Crippen molar-refractivity contribution in [1.82, 2.24) is 19.3 Å². The quantitative estimate of drug-likeness (QED) is 0.641. The summed E-state index contributed by atoms with van der Waals surface area (Å²) in [6, 6.07) is 10.8. The van der Waals surface area contributed by atoms with Crippen molar-refractivity contribution in [3.8, 4) is 11.3 Å². The summed E-state index contributed by atoms with van der Waals surface area (Å²) in [4.78, 5) is 16.1. The molecule has 2 aliphatic rings. The molecule has 0 radical (unpaired) electrons. The number of hydrogen-bond donors (Lipinski definition) is 1. The third-order valence-corrected chi connectivity index (χ3v) is 6.93. The largest absolute Gasteiger partial charge is 0.371 e. The van der Waals surface area contributed by atoms with Crippen LogP contribution in [0.2, 0.25) is 0 Å². The van der Waals surface area contributed by atoms with Gasteiger partial charge < -0.3 is 10.2 Å². The summed E-state index contributed by atoms with van der Waals surface area (Å²) in [7, 11) is 1.87. The summed E-state index contributed by atoms with van der Waals surface area (Å²) in [5.41, 5.74) is 4.96. The van der Waals surface area contributed by atoms with Crippen LogP contribution < -0.4 is 10.2 Å². The lowest BCUT2D eigenvalue weighted by Gasteiger charge is -2.23. The van der Waals surface area contributed by atoms with Gasteiger partial charge in [0.15, 0.2) is 5.82 Å². The standard InChI is InChI=1S/C22H26N6S/c1-23-22-21-20(24-9-10-25-21)15-19(26-22)16-3-5-17(6-4-16)27-11-2-12-28(14-13-27)29-18-7-8-18/h3-6,9-10,15,18H,2,7-8,11-14H2,1H3,(H,23,26). The van der Waals surface area contributed by atoms with E-state index in [-0.39, 0.29) is 0 Å². The highest BCUT2D eigenvalue weighted by Gasteiger charge is 2.26. The van der Waals surface area contributed by atoms with E-state index in [0.717, 1.165) is 53.0 Å². The first-order valence-electron chi connectivity index (χ1n) is 10.4. The first kappa shape index (κ1) is 18.6.